The Hall–Kier alpha value is -1.92. The highest BCUT2D eigenvalue weighted by Crippen LogP contribution is 2.31. The van der Waals surface area contributed by atoms with Gasteiger partial charge in [-0.15, -0.1) is 0 Å². The molecule has 1 saturated heterocycles. The third kappa shape index (κ3) is 4.58. The Morgan fingerprint density at radius 3 is 2.28 bits per heavy atom. The second-order valence-electron chi connectivity index (χ2n) is 6.47. The van der Waals surface area contributed by atoms with E-state index in [0.29, 0.717) is 30.9 Å². The van der Waals surface area contributed by atoms with E-state index < -0.39 is 5.41 Å². The fraction of sp³-hybridized carbons (Fsp3) is 0.579. The lowest BCUT2D eigenvalue weighted by Crippen LogP contribution is -2.47. The average Bonchev–Trinajstić information content (AvgIpc) is 2.64. The van der Waals surface area contributed by atoms with Crippen LogP contribution in [0.4, 0.5) is 5.69 Å². The van der Waals surface area contributed by atoms with Crippen LogP contribution in [-0.2, 0) is 9.53 Å². The Morgan fingerprint density at radius 2 is 1.76 bits per heavy atom. The highest BCUT2D eigenvalue weighted by molar-refractivity contribution is 5.97. The Labute approximate surface area is 149 Å². The van der Waals surface area contributed by atoms with E-state index in [1.807, 2.05) is 13.8 Å². The number of benzene rings is 1. The summed E-state index contributed by atoms with van der Waals surface area (Å²) in [6.45, 7) is 7.33. The molecule has 1 aromatic rings. The quantitative estimate of drug-likeness (QED) is 0.793. The summed E-state index contributed by atoms with van der Waals surface area (Å²) in [5, 5.41) is 6.27. The Bertz CT molecular complexity index is 571. The number of rotatable bonds is 7. The molecule has 1 heterocycles. The standard InChI is InChI=1S/C19H29N3O3/c1-4-22(5-2)17(23)15-6-8-16(9-7-15)21-18(24)19(14-25-3)10-12-20-13-11-19/h6-9,20H,4-5,10-14H2,1-3H3,(H,21,24). The number of carbonyl (C=O) groups excluding carboxylic acids is 2. The zero-order chi connectivity index (χ0) is 18.3. The molecule has 0 aliphatic carbocycles. The van der Waals surface area contributed by atoms with Gasteiger partial charge in [0.05, 0.1) is 12.0 Å². The molecular weight excluding hydrogens is 318 g/mol. The van der Waals surface area contributed by atoms with Crippen molar-refractivity contribution in [1.82, 2.24) is 10.2 Å². The summed E-state index contributed by atoms with van der Waals surface area (Å²) >= 11 is 0. The van der Waals surface area contributed by atoms with Crippen LogP contribution in [0.3, 0.4) is 0 Å². The Kier molecular flexibility index (Phi) is 6.96. The van der Waals surface area contributed by atoms with E-state index in [-0.39, 0.29) is 11.8 Å². The number of hydrogen-bond acceptors (Lipinski definition) is 4. The number of nitrogens with one attached hydrogen (secondary N) is 2. The lowest BCUT2D eigenvalue weighted by atomic mass is 9.78. The molecule has 2 rings (SSSR count). The summed E-state index contributed by atoms with van der Waals surface area (Å²) in [7, 11) is 1.63. The molecule has 6 nitrogen and oxygen atoms in total. The normalized spacial score (nSPS) is 16.3. The molecule has 1 fully saturated rings. The van der Waals surface area contributed by atoms with Gasteiger partial charge in [0.1, 0.15) is 0 Å². The van der Waals surface area contributed by atoms with Crippen LogP contribution in [0.15, 0.2) is 24.3 Å². The fourth-order valence-corrected chi connectivity index (χ4v) is 3.27. The van der Waals surface area contributed by atoms with Crippen molar-refractivity contribution in [2.24, 2.45) is 5.41 Å². The summed E-state index contributed by atoms with van der Waals surface area (Å²) < 4.78 is 5.31. The van der Waals surface area contributed by atoms with Crippen molar-refractivity contribution in [1.29, 1.82) is 0 Å². The number of nitrogens with zero attached hydrogens (tertiary/aromatic N) is 1. The van der Waals surface area contributed by atoms with E-state index in [1.165, 1.54) is 0 Å². The van der Waals surface area contributed by atoms with Crippen molar-refractivity contribution in [2.75, 3.05) is 45.2 Å². The number of amides is 2. The van der Waals surface area contributed by atoms with Gasteiger partial charge in [-0.1, -0.05) is 0 Å². The molecule has 0 spiro atoms. The minimum atomic E-state index is -0.490. The molecule has 0 bridgehead atoms. The smallest absolute Gasteiger partial charge is 0.253 e. The van der Waals surface area contributed by atoms with Crippen LogP contribution >= 0.6 is 0 Å². The predicted molar refractivity (Wildman–Crippen MR) is 98.7 cm³/mol. The largest absolute Gasteiger partial charge is 0.384 e. The number of ether oxygens (including phenoxy) is 1. The lowest BCUT2D eigenvalue weighted by molar-refractivity contribution is -0.130. The molecule has 2 N–H and O–H groups in total. The maximum absolute atomic E-state index is 12.8. The summed E-state index contributed by atoms with van der Waals surface area (Å²) in [5.41, 5.74) is 0.848. The second kappa shape index (κ2) is 8.97. The highest BCUT2D eigenvalue weighted by Gasteiger charge is 2.39. The Balaban J connectivity index is 2.07. The van der Waals surface area contributed by atoms with Crippen molar-refractivity contribution >= 4 is 17.5 Å². The van der Waals surface area contributed by atoms with Crippen LogP contribution in [0.2, 0.25) is 0 Å². The molecule has 1 aliphatic rings. The van der Waals surface area contributed by atoms with Crippen molar-refractivity contribution in [3.8, 4) is 0 Å². The molecule has 25 heavy (non-hydrogen) atoms. The van der Waals surface area contributed by atoms with E-state index in [1.54, 1.807) is 36.3 Å². The van der Waals surface area contributed by atoms with E-state index in [4.69, 9.17) is 4.74 Å². The summed E-state index contributed by atoms with van der Waals surface area (Å²) in [5.74, 6) is -0.00393. The van der Waals surface area contributed by atoms with Crippen LogP contribution in [0.25, 0.3) is 0 Å². The first-order chi connectivity index (χ1) is 12.1. The van der Waals surface area contributed by atoms with Crippen molar-refractivity contribution in [2.45, 2.75) is 26.7 Å². The maximum atomic E-state index is 12.8. The molecule has 6 heteroatoms. The SMILES string of the molecule is CCN(CC)C(=O)c1ccc(NC(=O)C2(COC)CCNCC2)cc1. The number of anilines is 1. The minimum absolute atomic E-state index is 0.0112. The molecule has 0 radical (unpaired) electrons. The molecular formula is C19H29N3O3. The summed E-state index contributed by atoms with van der Waals surface area (Å²) in [4.78, 5) is 26.9. The van der Waals surface area contributed by atoms with Crippen LogP contribution in [0.1, 0.15) is 37.0 Å². The van der Waals surface area contributed by atoms with Gasteiger partial charge in [0.25, 0.3) is 5.91 Å². The van der Waals surface area contributed by atoms with Crippen LogP contribution in [-0.4, -0.2) is 56.6 Å². The van der Waals surface area contributed by atoms with Crippen molar-refractivity contribution in [3.05, 3.63) is 29.8 Å². The van der Waals surface area contributed by atoms with E-state index >= 15 is 0 Å². The van der Waals surface area contributed by atoms with Gasteiger partial charge >= 0.3 is 0 Å². The van der Waals surface area contributed by atoms with Gasteiger partial charge in [0, 0.05) is 31.5 Å². The zero-order valence-electron chi connectivity index (χ0n) is 15.4. The topological polar surface area (TPSA) is 70.7 Å². The van der Waals surface area contributed by atoms with Gasteiger partial charge in [0.2, 0.25) is 5.91 Å². The first-order valence-corrected chi connectivity index (χ1v) is 8.96. The molecule has 138 valence electrons. The number of hydrogen-bond donors (Lipinski definition) is 2. The number of methoxy groups -OCH3 is 1. The molecule has 1 aliphatic heterocycles. The minimum Gasteiger partial charge on any atom is -0.384 e. The van der Waals surface area contributed by atoms with Gasteiger partial charge in [-0.05, 0) is 64.0 Å². The summed E-state index contributed by atoms with van der Waals surface area (Å²) in [6.07, 6.45) is 1.51. The third-order valence-corrected chi connectivity index (χ3v) is 4.90. The van der Waals surface area contributed by atoms with E-state index in [0.717, 1.165) is 25.9 Å². The summed E-state index contributed by atoms with van der Waals surface area (Å²) in [6, 6.07) is 7.11. The van der Waals surface area contributed by atoms with E-state index in [9.17, 15) is 9.59 Å². The lowest BCUT2D eigenvalue weighted by Gasteiger charge is -2.35. The van der Waals surface area contributed by atoms with Crippen LogP contribution in [0, 0.1) is 5.41 Å². The first kappa shape index (κ1) is 19.4. The molecule has 0 saturated carbocycles. The van der Waals surface area contributed by atoms with Gasteiger partial charge < -0.3 is 20.3 Å². The van der Waals surface area contributed by atoms with Gasteiger partial charge in [-0.3, -0.25) is 9.59 Å². The average molecular weight is 347 g/mol. The van der Waals surface area contributed by atoms with Crippen LogP contribution < -0.4 is 10.6 Å². The van der Waals surface area contributed by atoms with Gasteiger partial charge in [0.15, 0.2) is 0 Å². The molecule has 0 aromatic heterocycles. The highest BCUT2D eigenvalue weighted by atomic mass is 16.5. The first-order valence-electron chi connectivity index (χ1n) is 8.96. The van der Waals surface area contributed by atoms with Gasteiger partial charge in [-0.25, -0.2) is 0 Å². The molecule has 0 atom stereocenters. The molecule has 2 amide bonds. The van der Waals surface area contributed by atoms with Crippen molar-refractivity contribution in [3.63, 3.8) is 0 Å². The Morgan fingerprint density at radius 1 is 1.16 bits per heavy atom. The predicted octanol–water partition coefficient (Wildman–Crippen LogP) is 2.12. The number of piperidine rings is 1. The molecule has 1 aromatic carbocycles. The van der Waals surface area contributed by atoms with Crippen molar-refractivity contribution < 1.29 is 14.3 Å². The third-order valence-electron chi connectivity index (χ3n) is 4.90. The fourth-order valence-electron chi connectivity index (χ4n) is 3.27. The molecule has 0 unspecified atom stereocenters. The number of carbonyl (C=O) groups is 2. The second-order valence-corrected chi connectivity index (χ2v) is 6.47. The van der Waals surface area contributed by atoms with Crippen LogP contribution in [0.5, 0.6) is 0 Å². The van der Waals surface area contributed by atoms with E-state index in [2.05, 4.69) is 10.6 Å². The van der Waals surface area contributed by atoms with Gasteiger partial charge in [-0.2, -0.15) is 0 Å². The zero-order valence-corrected chi connectivity index (χ0v) is 15.4. The maximum Gasteiger partial charge on any atom is 0.253 e. The monoisotopic (exact) mass is 347 g/mol.